The van der Waals surface area contributed by atoms with Gasteiger partial charge >= 0.3 is 0 Å². The molecule has 18 heavy (non-hydrogen) atoms. The summed E-state index contributed by atoms with van der Waals surface area (Å²) < 4.78 is 3.13. The van der Waals surface area contributed by atoms with Crippen LogP contribution in [0.4, 0.5) is 0 Å². The van der Waals surface area contributed by atoms with E-state index in [1.807, 2.05) is 11.6 Å². The van der Waals surface area contributed by atoms with Crippen LogP contribution in [0, 0.1) is 6.92 Å². The van der Waals surface area contributed by atoms with Gasteiger partial charge < -0.3 is 5.73 Å². The van der Waals surface area contributed by atoms with E-state index in [4.69, 9.17) is 18.0 Å². The van der Waals surface area contributed by atoms with Crippen LogP contribution < -0.4 is 5.73 Å². The van der Waals surface area contributed by atoms with Gasteiger partial charge in [-0.05, 0) is 43.7 Å². The standard InChI is InChI=1S/C12H21BrN4S/c1-5-17-10(12(13)9(3)15-17)7-16(4)8(2)6-11(14)18/h8H,5-7H2,1-4H3,(H2,14,18). The number of aromatic nitrogens is 2. The van der Waals surface area contributed by atoms with E-state index in [0.29, 0.717) is 11.0 Å². The molecule has 0 bridgehead atoms. The Balaban J connectivity index is 2.80. The third-order valence-corrected chi connectivity index (χ3v) is 4.30. The molecular weight excluding hydrogens is 312 g/mol. The van der Waals surface area contributed by atoms with Crippen molar-refractivity contribution in [1.29, 1.82) is 0 Å². The SMILES string of the molecule is CCn1nc(C)c(Br)c1CN(C)C(C)CC(N)=S. The number of thiocarbonyl (C=S) groups is 1. The smallest absolute Gasteiger partial charge is 0.0742 e. The molecule has 0 saturated heterocycles. The highest BCUT2D eigenvalue weighted by molar-refractivity contribution is 9.10. The van der Waals surface area contributed by atoms with Gasteiger partial charge in [0.1, 0.15) is 0 Å². The first-order chi connectivity index (χ1) is 8.36. The Kier molecular flexibility index (Phi) is 5.75. The van der Waals surface area contributed by atoms with Crippen molar-refractivity contribution in [3.8, 4) is 0 Å². The highest BCUT2D eigenvalue weighted by Crippen LogP contribution is 2.23. The fraction of sp³-hybridized carbons (Fsp3) is 0.667. The van der Waals surface area contributed by atoms with Gasteiger partial charge in [-0.2, -0.15) is 5.10 Å². The highest BCUT2D eigenvalue weighted by Gasteiger charge is 2.17. The average Bonchev–Trinajstić information content (AvgIpc) is 2.55. The summed E-state index contributed by atoms with van der Waals surface area (Å²) in [5.74, 6) is 0. The minimum Gasteiger partial charge on any atom is -0.393 e. The van der Waals surface area contributed by atoms with Crippen LogP contribution in [0.3, 0.4) is 0 Å². The van der Waals surface area contributed by atoms with Crippen LogP contribution in [-0.4, -0.2) is 32.8 Å². The van der Waals surface area contributed by atoms with Crippen molar-refractivity contribution in [1.82, 2.24) is 14.7 Å². The monoisotopic (exact) mass is 332 g/mol. The lowest BCUT2D eigenvalue weighted by molar-refractivity contribution is 0.247. The van der Waals surface area contributed by atoms with E-state index in [1.165, 1.54) is 5.69 Å². The van der Waals surface area contributed by atoms with Gasteiger partial charge in [0.2, 0.25) is 0 Å². The molecule has 1 heterocycles. The molecule has 1 rings (SSSR count). The van der Waals surface area contributed by atoms with E-state index in [2.05, 4.69) is 46.8 Å². The molecule has 1 aromatic heterocycles. The summed E-state index contributed by atoms with van der Waals surface area (Å²) in [7, 11) is 2.08. The fourth-order valence-corrected chi connectivity index (χ4v) is 2.51. The molecule has 0 aliphatic carbocycles. The molecule has 1 atom stereocenters. The highest BCUT2D eigenvalue weighted by atomic mass is 79.9. The second-order valence-corrected chi connectivity index (χ2v) is 5.91. The van der Waals surface area contributed by atoms with Gasteiger partial charge in [-0.1, -0.05) is 12.2 Å². The molecule has 0 saturated carbocycles. The molecule has 0 spiro atoms. The van der Waals surface area contributed by atoms with Crippen molar-refractivity contribution >= 4 is 33.1 Å². The molecule has 0 aliphatic heterocycles. The zero-order chi connectivity index (χ0) is 13.9. The summed E-state index contributed by atoms with van der Waals surface area (Å²) in [6.07, 6.45) is 0.739. The lowest BCUT2D eigenvalue weighted by Crippen LogP contribution is -2.32. The first-order valence-corrected chi connectivity index (χ1v) is 7.27. The van der Waals surface area contributed by atoms with E-state index in [0.717, 1.165) is 29.7 Å². The summed E-state index contributed by atoms with van der Waals surface area (Å²) in [6.45, 7) is 7.95. The number of rotatable bonds is 6. The van der Waals surface area contributed by atoms with Crippen molar-refractivity contribution in [2.45, 2.75) is 46.3 Å². The summed E-state index contributed by atoms with van der Waals surface area (Å²) in [6, 6.07) is 0.329. The second-order valence-electron chi connectivity index (χ2n) is 4.60. The third-order valence-electron chi connectivity index (χ3n) is 3.10. The van der Waals surface area contributed by atoms with Gasteiger partial charge in [0, 0.05) is 25.6 Å². The number of aryl methyl sites for hydroxylation is 2. The maximum atomic E-state index is 5.59. The predicted octanol–water partition coefficient (Wildman–Crippen LogP) is 2.47. The lowest BCUT2D eigenvalue weighted by Gasteiger charge is -2.24. The average molecular weight is 333 g/mol. The first-order valence-electron chi connectivity index (χ1n) is 6.07. The van der Waals surface area contributed by atoms with Crippen LogP contribution >= 0.6 is 28.1 Å². The summed E-state index contributed by atoms with van der Waals surface area (Å²) >= 11 is 8.57. The summed E-state index contributed by atoms with van der Waals surface area (Å²) in [5, 5.41) is 4.49. The quantitative estimate of drug-likeness (QED) is 0.813. The first kappa shape index (κ1) is 15.6. The maximum absolute atomic E-state index is 5.59. The minimum atomic E-state index is 0.329. The Bertz CT molecular complexity index is 430. The zero-order valence-electron chi connectivity index (χ0n) is 11.4. The van der Waals surface area contributed by atoms with Crippen LogP contribution in [0.15, 0.2) is 4.47 Å². The third kappa shape index (κ3) is 3.76. The largest absolute Gasteiger partial charge is 0.393 e. The number of nitrogens with zero attached hydrogens (tertiary/aromatic N) is 3. The van der Waals surface area contributed by atoms with Crippen LogP contribution in [0.1, 0.15) is 31.7 Å². The van der Waals surface area contributed by atoms with Gasteiger partial charge in [0.05, 0.1) is 20.8 Å². The maximum Gasteiger partial charge on any atom is 0.0742 e. The molecule has 0 aromatic carbocycles. The van der Waals surface area contributed by atoms with Gasteiger partial charge in [0.15, 0.2) is 0 Å². The van der Waals surface area contributed by atoms with Crippen molar-refractivity contribution in [2.24, 2.45) is 5.73 Å². The van der Waals surface area contributed by atoms with Gasteiger partial charge in [-0.25, -0.2) is 0 Å². The Morgan fingerprint density at radius 3 is 2.72 bits per heavy atom. The van der Waals surface area contributed by atoms with Crippen LogP contribution in [0.25, 0.3) is 0 Å². The van der Waals surface area contributed by atoms with Crippen molar-refractivity contribution < 1.29 is 0 Å². The number of hydrogen-bond acceptors (Lipinski definition) is 3. The van der Waals surface area contributed by atoms with Gasteiger partial charge in [-0.15, -0.1) is 0 Å². The zero-order valence-corrected chi connectivity index (χ0v) is 13.8. The minimum absolute atomic E-state index is 0.329. The van der Waals surface area contributed by atoms with E-state index in [1.54, 1.807) is 0 Å². The van der Waals surface area contributed by atoms with E-state index in [-0.39, 0.29) is 0 Å². The van der Waals surface area contributed by atoms with E-state index in [9.17, 15) is 0 Å². The van der Waals surface area contributed by atoms with Crippen molar-refractivity contribution in [3.05, 3.63) is 15.9 Å². The fourth-order valence-electron chi connectivity index (χ4n) is 1.86. The van der Waals surface area contributed by atoms with Crippen LogP contribution in [0.5, 0.6) is 0 Å². The molecule has 2 N–H and O–H groups in total. The predicted molar refractivity (Wildman–Crippen MR) is 82.7 cm³/mol. The Morgan fingerprint density at radius 2 is 2.22 bits per heavy atom. The van der Waals surface area contributed by atoms with Gasteiger partial charge in [-0.3, -0.25) is 9.58 Å². The number of nitrogens with two attached hydrogens (primary N) is 1. The molecule has 0 radical (unpaired) electrons. The molecule has 0 amide bonds. The molecule has 1 unspecified atom stereocenters. The van der Waals surface area contributed by atoms with Crippen molar-refractivity contribution in [3.63, 3.8) is 0 Å². The molecule has 0 aliphatic rings. The van der Waals surface area contributed by atoms with Crippen LogP contribution in [0.2, 0.25) is 0 Å². The molecule has 6 heteroatoms. The molecular formula is C12H21BrN4S. The van der Waals surface area contributed by atoms with E-state index < -0.39 is 0 Å². The van der Waals surface area contributed by atoms with Crippen LogP contribution in [-0.2, 0) is 13.1 Å². The lowest BCUT2D eigenvalue weighted by atomic mass is 10.2. The Hall–Kier alpha value is -0.460. The van der Waals surface area contributed by atoms with Crippen molar-refractivity contribution in [2.75, 3.05) is 7.05 Å². The number of hydrogen-bond donors (Lipinski definition) is 1. The number of halogens is 1. The molecule has 0 fully saturated rings. The Labute approximate surface area is 123 Å². The molecule has 102 valence electrons. The molecule has 4 nitrogen and oxygen atoms in total. The van der Waals surface area contributed by atoms with Gasteiger partial charge in [0.25, 0.3) is 0 Å². The topological polar surface area (TPSA) is 47.1 Å². The van der Waals surface area contributed by atoms with E-state index >= 15 is 0 Å². The summed E-state index contributed by atoms with van der Waals surface area (Å²) in [5.41, 5.74) is 7.82. The normalized spacial score (nSPS) is 13.0. The molecule has 1 aromatic rings. The second kappa shape index (κ2) is 6.63. The Morgan fingerprint density at radius 1 is 1.61 bits per heavy atom. The summed E-state index contributed by atoms with van der Waals surface area (Å²) in [4.78, 5) is 2.81.